The lowest BCUT2D eigenvalue weighted by atomic mass is 10.0. The molecule has 0 saturated heterocycles. The Morgan fingerprint density at radius 2 is 1.86 bits per heavy atom. The molecule has 0 aromatic heterocycles. The average Bonchev–Trinajstić information content (AvgIpc) is 2.41. The second-order valence-electron chi connectivity index (χ2n) is 6.20. The third-order valence-corrected chi connectivity index (χ3v) is 3.01. The molecule has 1 atom stereocenters. The molecule has 1 aromatic rings. The molecule has 0 bridgehead atoms. The van der Waals surface area contributed by atoms with Crippen LogP contribution in [0.15, 0.2) is 30.3 Å². The zero-order valence-corrected chi connectivity index (χ0v) is 13.3. The minimum absolute atomic E-state index is 0.369. The molecule has 0 aliphatic rings. The van der Waals surface area contributed by atoms with E-state index in [1.165, 1.54) is 0 Å². The first-order chi connectivity index (χ1) is 9.88. The van der Waals surface area contributed by atoms with Gasteiger partial charge in [-0.2, -0.15) is 0 Å². The van der Waals surface area contributed by atoms with Crippen molar-refractivity contribution in [3.63, 3.8) is 0 Å². The van der Waals surface area contributed by atoms with Crippen molar-refractivity contribution in [1.29, 1.82) is 0 Å². The van der Waals surface area contributed by atoms with Crippen LogP contribution in [0.3, 0.4) is 0 Å². The zero-order valence-electron chi connectivity index (χ0n) is 13.3. The van der Waals surface area contributed by atoms with Gasteiger partial charge in [-0.05, 0) is 39.2 Å². The lowest BCUT2D eigenvalue weighted by molar-refractivity contribution is 0.0526. The van der Waals surface area contributed by atoms with E-state index in [-0.39, 0.29) is 6.09 Å². The van der Waals surface area contributed by atoms with Gasteiger partial charge in [0.05, 0.1) is 6.10 Å². The van der Waals surface area contributed by atoms with Crippen LogP contribution in [0.2, 0.25) is 0 Å². The van der Waals surface area contributed by atoms with E-state index in [0.717, 1.165) is 31.2 Å². The molecule has 0 aliphatic heterocycles. The molecule has 2 N–H and O–H groups in total. The van der Waals surface area contributed by atoms with Gasteiger partial charge in [0.1, 0.15) is 5.60 Å². The van der Waals surface area contributed by atoms with Crippen molar-refractivity contribution < 1.29 is 14.6 Å². The van der Waals surface area contributed by atoms with Gasteiger partial charge in [-0.3, -0.25) is 0 Å². The van der Waals surface area contributed by atoms with Crippen molar-refractivity contribution in [2.24, 2.45) is 0 Å². The average molecular weight is 293 g/mol. The van der Waals surface area contributed by atoms with Gasteiger partial charge in [-0.25, -0.2) is 4.79 Å². The van der Waals surface area contributed by atoms with Crippen LogP contribution < -0.4 is 5.32 Å². The molecule has 0 saturated carbocycles. The molecule has 0 radical (unpaired) electrons. The summed E-state index contributed by atoms with van der Waals surface area (Å²) in [5.74, 6) is 0. The smallest absolute Gasteiger partial charge is 0.407 e. The summed E-state index contributed by atoms with van der Waals surface area (Å²) in [5, 5.41) is 12.7. The van der Waals surface area contributed by atoms with E-state index in [9.17, 15) is 9.90 Å². The van der Waals surface area contributed by atoms with E-state index in [1.54, 1.807) is 0 Å². The molecular formula is C17H27NO3. The quantitative estimate of drug-likeness (QED) is 0.752. The Morgan fingerprint density at radius 3 is 2.48 bits per heavy atom. The van der Waals surface area contributed by atoms with Gasteiger partial charge in [0.2, 0.25) is 0 Å². The molecule has 1 amide bonds. The van der Waals surface area contributed by atoms with E-state index < -0.39 is 11.7 Å². The minimum Gasteiger partial charge on any atom is -0.444 e. The highest BCUT2D eigenvalue weighted by molar-refractivity contribution is 5.67. The molecule has 118 valence electrons. The number of ether oxygens (including phenoxy) is 1. The number of nitrogens with one attached hydrogen (secondary N) is 1. The van der Waals surface area contributed by atoms with E-state index in [1.807, 2.05) is 51.1 Å². The highest BCUT2D eigenvalue weighted by Crippen LogP contribution is 2.18. The number of aliphatic hydroxyl groups is 1. The number of carbonyl (C=O) groups excluding carboxylic acids is 1. The Balaban J connectivity index is 2.06. The SMILES string of the molecule is CC(C)(C)OC(=O)NCCCCCC(O)c1ccccc1. The van der Waals surface area contributed by atoms with E-state index >= 15 is 0 Å². The number of amides is 1. The van der Waals surface area contributed by atoms with Crippen molar-refractivity contribution in [1.82, 2.24) is 5.32 Å². The fourth-order valence-corrected chi connectivity index (χ4v) is 1.99. The largest absolute Gasteiger partial charge is 0.444 e. The lowest BCUT2D eigenvalue weighted by Crippen LogP contribution is -2.32. The summed E-state index contributed by atoms with van der Waals surface area (Å²) in [6.07, 6.45) is 2.78. The molecule has 0 spiro atoms. The van der Waals surface area contributed by atoms with Crippen LogP contribution >= 0.6 is 0 Å². The van der Waals surface area contributed by atoms with Gasteiger partial charge in [-0.1, -0.05) is 43.2 Å². The fraction of sp³-hybridized carbons (Fsp3) is 0.588. The standard InChI is InChI=1S/C17H27NO3/c1-17(2,3)21-16(20)18-13-9-5-8-12-15(19)14-10-6-4-7-11-14/h4,6-7,10-11,15,19H,5,8-9,12-13H2,1-3H3,(H,18,20). The van der Waals surface area contributed by atoms with Crippen LogP contribution in [-0.4, -0.2) is 23.3 Å². The summed E-state index contributed by atoms with van der Waals surface area (Å²) in [6, 6.07) is 9.69. The Kier molecular flexibility index (Phi) is 7.23. The van der Waals surface area contributed by atoms with Gasteiger partial charge in [0.15, 0.2) is 0 Å². The number of aliphatic hydroxyl groups excluding tert-OH is 1. The predicted octanol–water partition coefficient (Wildman–Crippen LogP) is 3.81. The van der Waals surface area contributed by atoms with Crippen LogP contribution in [0.4, 0.5) is 4.79 Å². The number of rotatable bonds is 7. The summed E-state index contributed by atoms with van der Waals surface area (Å²) in [6.45, 7) is 6.14. The molecule has 1 unspecified atom stereocenters. The number of hydrogen-bond donors (Lipinski definition) is 2. The van der Waals surface area contributed by atoms with Gasteiger partial charge >= 0.3 is 6.09 Å². The van der Waals surface area contributed by atoms with Crippen LogP contribution in [0.5, 0.6) is 0 Å². The number of hydrogen-bond acceptors (Lipinski definition) is 3. The maximum Gasteiger partial charge on any atom is 0.407 e. The Hall–Kier alpha value is -1.55. The molecule has 1 rings (SSSR count). The van der Waals surface area contributed by atoms with Crippen molar-refractivity contribution >= 4 is 6.09 Å². The van der Waals surface area contributed by atoms with Crippen molar-refractivity contribution in [2.45, 2.75) is 58.2 Å². The molecular weight excluding hydrogens is 266 g/mol. The molecule has 21 heavy (non-hydrogen) atoms. The summed E-state index contributed by atoms with van der Waals surface area (Å²) >= 11 is 0. The number of alkyl carbamates (subject to hydrolysis) is 1. The highest BCUT2D eigenvalue weighted by Gasteiger charge is 2.15. The summed E-state index contributed by atoms with van der Waals surface area (Å²) in [5.41, 5.74) is 0.508. The molecule has 0 heterocycles. The Bertz CT molecular complexity index is 412. The Morgan fingerprint density at radius 1 is 1.19 bits per heavy atom. The fourth-order valence-electron chi connectivity index (χ4n) is 1.99. The Labute approximate surface area is 127 Å². The van der Waals surface area contributed by atoms with Crippen molar-refractivity contribution in [2.75, 3.05) is 6.54 Å². The van der Waals surface area contributed by atoms with Crippen LogP contribution in [-0.2, 0) is 4.74 Å². The number of benzene rings is 1. The second kappa shape index (κ2) is 8.67. The predicted molar refractivity (Wildman–Crippen MR) is 84.1 cm³/mol. The third kappa shape index (κ3) is 8.35. The van der Waals surface area contributed by atoms with Crippen LogP contribution in [0.25, 0.3) is 0 Å². The van der Waals surface area contributed by atoms with Crippen LogP contribution in [0.1, 0.15) is 58.1 Å². The van der Waals surface area contributed by atoms with Gasteiger partial charge in [0, 0.05) is 6.54 Å². The molecule has 4 heteroatoms. The van der Waals surface area contributed by atoms with E-state index in [2.05, 4.69) is 5.32 Å². The normalized spacial score (nSPS) is 12.8. The van der Waals surface area contributed by atoms with Gasteiger partial charge in [0.25, 0.3) is 0 Å². The zero-order chi connectivity index (χ0) is 15.7. The lowest BCUT2D eigenvalue weighted by Gasteiger charge is -2.19. The maximum atomic E-state index is 11.4. The van der Waals surface area contributed by atoms with Crippen LogP contribution in [0, 0.1) is 0 Å². The monoisotopic (exact) mass is 293 g/mol. The third-order valence-electron chi connectivity index (χ3n) is 3.01. The van der Waals surface area contributed by atoms with Crippen molar-refractivity contribution in [3.8, 4) is 0 Å². The molecule has 1 aromatic carbocycles. The first-order valence-electron chi connectivity index (χ1n) is 7.58. The molecule has 0 aliphatic carbocycles. The maximum absolute atomic E-state index is 11.4. The second-order valence-corrected chi connectivity index (χ2v) is 6.20. The van der Waals surface area contributed by atoms with Crippen molar-refractivity contribution in [3.05, 3.63) is 35.9 Å². The number of unbranched alkanes of at least 4 members (excludes halogenated alkanes) is 2. The summed E-state index contributed by atoms with van der Waals surface area (Å²) in [7, 11) is 0. The van der Waals surface area contributed by atoms with E-state index in [4.69, 9.17) is 4.74 Å². The topological polar surface area (TPSA) is 58.6 Å². The number of carbonyl (C=O) groups is 1. The molecule has 0 fully saturated rings. The van der Waals surface area contributed by atoms with Gasteiger partial charge in [-0.15, -0.1) is 0 Å². The van der Waals surface area contributed by atoms with Gasteiger partial charge < -0.3 is 15.2 Å². The molecule has 4 nitrogen and oxygen atoms in total. The summed E-state index contributed by atoms with van der Waals surface area (Å²) in [4.78, 5) is 11.4. The first-order valence-corrected chi connectivity index (χ1v) is 7.58. The highest BCUT2D eigenvalue weighted by atomic mass is 16.6. The van der Waals surface area contributed by atoms with E-state index in [0.29, 0.717) is 6.54 Å². The minimum atomic E-state index is -0.454. The first kappa shape index (κ1) is 17.5. The summed E-state index contributed by atoms with van der Waals surface area (Å²) < 4.78 is 5.15.